The lowest BCUT2D eigenvalue weighted by Gasteiger charge is -2.32. The fourth-order valence-electron chi connectivity index (χ4n) is 3.85. The van der Waals surface area contributed by atoms with Crippen LogP contribution in [0.4, 0.5) is 5.69 Å². The number of carbonyl (C=O) groups excluding carboxylic acids is 2. The number of carbonyl (C=O) groups is 2. The van der Waals surface area contributed by atoms with E-state index in [0.29, 0.717) is 28.6 Å². The predicted octanol–water partition coefficient (Wildman–Crippen LogP) is 4.41. The van der Waals surface area contributed by atoms with E-state index in [2.05, 4.69) is 5.32 Å². The first-order chi connectivity index (χ1) is 18.1. The zero-order chi connectivity index (χ0) is 27.9. The third-order valence-corrected chi connectivity index (χ3v) is 8.03. The summed E-state index contributed by atoms with van der Waals surface area (Å²) >= 11 is 6.15. The first-order valence-electron chi connectivity index (χ1n) is 12.1. The smallest absolute Gasteiger partial charge is 0.264 e. The van der Waals surface area contributed by atoms with E-state index in [0.717, 1.165) is 9.87 Å². The highest BCUT2D eigenvalue weighted by Gasteiger charge is 2.32. The van der Waals surface area contributed by atoms with E-state index in [1.54, 1.807) is 74.5 Å². The summed E-state index contributed by atoms with van der Waals surface area (Å²) in [5, 5.41) is 3.22. The average molecular weight is 558 g/mol. The number of methoxy groups -OCH3 is 1. The van der Waals surface area contributed by atoms with Crippen LogP contribution < -0.4 is 14.4 Å². The lowest BCUT2D eigenvalue weighted by atomic mass is 10.1. The molecule has 3 aromatic carbocycles. The topological polar surface area (TPSA) is 96.0 Å². The summed E-state index contributed by atoms with van der Waals surface area (Å²) in [6.45, 7) is 5.24. The van der Waals surface area contributed by atoms with E-state index >= 15 is 0 Å². The van der Waals surface area contributed by atoms with Crippen LogP contribution in [0.2, 0.25) is 5.02 Å². The Bertz CT molecular complexity index is 1360. The minimum absolute atomic E-state index is 0.00448. The number of benzene rings is 3. The van der Waals surface area contributed by atoms with Crippen LogP contribution in [-0.2, 0) is 26.2 Å². The molecule has 0 heterocycles. The fraction of sp³-hybridized carbons (Fsp3) is 0.286. The highest BCUT2D eigenvalue weighted by molar-refractivity contribution is 7.92. The van der Waals surface area contributed by atoms with Gasteiger partial charge in [0.1, 0.15) is 18.3 Å². The molecule has 2 amide bonds. The third-order valence-electron chi connectivity index (χ3n) is 6.01. The molecular formula is C28H32ClN3O5S. The van der Waals surface area contributed by atoms with Crippen LogP contribution >= 0.6 is 11.6 Å². The quantitative estimate of drug-likeness (QED) is 0.377. The van der Waals surface area contributed by atoms with Gasteiger partial charge < -0.3 is 15.0 Å². The number of sulfonamides is 1. The molecule has 1 atom stereocenters. The zero-order valence-corrected chi connectivity index (χ0v) is 23.4. The Balaban J connectivity index is 2.02. The van der Waals surface area contributed by atoms with Gasteiger partial charge in [0.05, 0.1) is 17.7 Å². The molecule has 0 radical (unpaired) electrons. The number of amides is 2. The van der Waals surface area contributed by atoms with Gasteiger partial charge >= 0.3 is 0 Å². The minimum Gasteiger partial charge on any atom is -0.497 e. The molecule has 0 saturated carbocycles. The summed E-state index contributed by atoms with van der Waals surface area (Å²) in [5.41, 5.74) is 1.98. The first-order valence-corrected chi connectivity index (χ1v) is 13.9. The maximum Gasteiger partial charge on any atom is 0.264 e. The van der Waals surface area contributed by atoms with Crippen LogP contribution in [0.3, 0.4) is 0 Å². The van der Waals surface area contributed by atoms with Gasteiger partial charge in [0.25, 0.3) is 10.0 Å². The van der Waals surface area contributed by atoms with E-state index in [-0.39, 0.29) is 17.3 Å². The number of ether oxygens (including phenoxy) is 1. The second-order valence-corrected chi connectivity index (χ2v) is 11.0. The molecule has 0 aliphatic rings. The second-order valence-electron chi connectivity index (χ2n) is 8.74. The van der Waals surface area contributed by atoms with Gasteiger partial charge in [-0.05, 0) is 74.9 Å². The number of rotatable bonds is 11. The van der Waals surface area contributed by atoms with E-state index in [4.69, 9.17) is 16.3 Å². The highest BCUT2D eigenvalue weighted by atomic mass is 35.5. The van der Waals surface area contributed by atoms with Gasteiger partial charge in [-0.3, -0.25) is 13.9 Å². The monoisotopic (exact) mass is 557 g/mol. The Morgan fingerprint density at radius 1 is 1.03 bits per heavy atom. The number of likely N-dealkylation sites (N-methyl/N-ethyl adjacent to an activating group) is 1. The van der Waals surface area contributed by atoms with Crippen LogP contribution in [0.25, 0.3) is 0 Å². The molecule has 0 aliphatic carbocycles. The normalized spacial score (nSPS) is 11.9. The van der Waals surface area contributed by atoms with Gasteiger partial charge in [0.2, 0.25) is 11.8 Å². The summed E-state index contributed by atoms with van der Waals surface area (Å²) in [7, 11) is -2.66. The van der Waals surface area contributed by atoms with Gasteiger partial charge in [0, 0.05) is 18.1 Å². The minimum atomic E-state index is -4.15. The van der Waals surface area contributed by atoms with Crippen LogP contribution in [0, 0.1) is 6.92 Å². The highest BCUT2D eigenvalue weighted by Crippen LogP contribution is 2.26. The van der Waals surface area contributed by atoms with Crippen molar-refractivity contribution in [2.45, 2.75) is 38.3 Å². The molecule has 10 heteroatoms. The lowest BCUT2D eigenvalue weighted by Crippen LogP contribution is -2.51. The van der Waals surface area contributed by atoms with Gasteiger partial charge in [-0.25, -0.2) is 8.42 Å². The van der Waals surface area contributed by atoms with E-state index in [1.165, 1.54) is 24.1 Å². The van der Waals surface area contributed by atoms with Gasteiger partial charge in [-0.2, -0.15) is 0 Å². The molecule has 8 nitrogen and oxygen atoms in total. The standard InChI is InChI=1S/C28H32ClN3O5S/c1-5-30-28(34)21(3)31(18-22-7-6-8-23(29)17-22)27(33)19-32(24-11-9-20(2)10-12-24)38(35,36)26-15-13-25(37-4)14-16-26/h6-17,21H,5,18-19H2,1-4H3,(H,30,34)/t21-/m0/s1. The lowest BCUT2D eigenvalue weighted by molar-refractivity contribution is -0.139. The van der Waals surface area contributed by atoms with Crippen molar-refractivity contribution in [1.29, 1.82) is 0 Å². The van der Waals surface area contributed by atoms with Crippen LogP contribution in [0.5, 0.6) is 5.75 Å². The Labute approximate surface area is 229 Å². The molecule has 0 spiro atoms. The van der Waals surface area contributed by atoms with Crippen molar-refractivity contribution in [2.24, 2.45) is 0 Å². The van der Waals surface area contributed by atoms with Crippen molar-refractivity contribution in [3.8, 4) is 5.75 Å². The molecule has 0 fully saturated rings. The number of nitrogens with zero attached hydrogens (tertiary/aromatic N) is 2. The molecular weight excluding hydrogens is 526 g/mol. The number of nitrogens with one attached hydrogen (secondary N) is 1. The summed E-state index contributed by atoms with van der Waals surface area (Å²) in [5.74, 6) is -0.380. The zero-order valence-electron chi connectivity index (χ0n) is 21.8. The van der Waals surface area contributed by atoms with Crippen molar-refractivity contribution < 1.29 is 22.7 Å². The first kappa shape index (κ1) is 29.0. The predicted molar refractivity (Wildman–Crippen MR) is 149 cm³/mol. The number of hydrogen-bond donors (Lipinski definition) is 1. The molecule has 0 bridgehead atoms. The Kier molecular flexibility index (Phi) is 9.77. The molecule has 0 aliphatic heterocycles. The third kappa shape index (κ3) is 7.05. The fourth-order valence-corrected chi connectivity index (χ4v) is 5.48. The van der Waals surface area contributed by atoms with Crippen molar-refractivity contribution in [3.05, 3.63) is 88.9 Å². The van der Waals surface area contributed by atoms with Crippen LogP contribution in [-0.4, -0.2) is 51.4 Å². The van der Waals surface area contributed by atoms with Gasteiger partial charge in [0.15, 0.2) is 0 Å². The Morgan fingerprint density at radius 2 is 1.68 bits per heavy atom. The van der Waals surface area contributed by atoms with Crippen LogP contribution in [0.15, 0.2) is 77.7 Å². The largest absolute Gasteiger partial charge is 0.497 e. The van der Waals surface area contributed by atoms with Crippen molar-refractivity contribution in [1.82, 2.24) is 10.2 Å². The second kappa shape index (κ2) is 12.8. The molecule has 3 aromatic rings. The molecule has 202 valence electrons. The van der Waals surface area contributed by atoms with E-state index in [9.17, 15) is 18.0 Å². The molecule has 0 unspecified atom stereocenters. The SMILES string of the molecule is CCNC(=O)[C@H](C)N(Cc1cccc(Cl)c1)C(=O)CN(c1ccc(C)cc1)S(=O)(=O)c1ccc(OC)cc1. The van der Waals surface area contributed by atoms with E-state index in [1.807, 2.05) is 6.92 Å². The van der Waals surface area contributed by atoms with Crippen molar-refractivity contribution >= 4 is 39.1 Å². The molecule has 0 aromatic heterocycles. The van der Waals surface area contributed by atoms with Gasteiger partial charge in [-0.1, -0.05) is 41.4 Å². The van der Waals surface area contributed by atoms with Crippen LogP contribution in [0.1, 0.15) is 25.0 Å². The maximum atomic E-state index is 13.8. The Hall–Kier alpha value is -3.56. The number of hydrogen-bond acceptors (Lipinski definition) is 5. The summed E-state index contributed by atoms with van der Waals surface area (Å²) in [4.78, 5) is 27.9. The maximum absolute atomic E-state index is 13.8. The average Bonchev–Trinajstić information content (AvgIpc) is 2.90. The molecule has 38 heavy (non-hydrogen) atoms. The number of anilines is 1. The van der Waals surface area contributed by atoms with Crippen molar-refractivity contribution in [2.75, 3.05) is 24.5 Å². The summed E-state index contributed by atoms with van der Waals surface area (Å²) in [6.07, 6.45) is 0. The molecule has 3 rings (SSSR count). The Morgan fingerprint density at radius 3 is 2.26 bits per heavy atom. The number of halogens is 1. The van der Waals surface area contributed by atoms with Crippen molar-refractivity contribution in [3.63, 3.8) is 0 Å². The van der Waals surface area contributed by atoms with Gasteiger partial charge in [-0.15, -0.1) is 0 Å². The molecule has 1 N–H and O–H groups in total. The number of aryl methyl sites for hydroxylation is 1. The van der Waals surface area contributed by atoms with E-state index < -0.39 is 28.5 Å². The molecule has 0 saturated heterocycles. The summed E-state index contributed by atoms with van der Waals surface area (Å²) in [6, 6.07) is 18.9. The summed E-state index contributed by atoms with van der Waals surface area (Å²) < 4.78 is 33.8.